The molecule has 0 aromatic heterocycles. The summed E-state index contributed by atoms with van der Waals surface area (Å²) in [5.41, 5.74) is 0. The molecule has 0 fully saturated rings. The van der Waals surface area contributed by atoms with Crippen LogP contribution in [0.15, 0.2) is 24.3 Å². The van der Waals surface area contributed by atoms with Gasteiger partial charge in [-0.3, -0.25) is 0 Å². The second-order valence-corrected chi connectivity index (χ2v) is 7.30. The van der Waals surface area contributed by atoms with Gasteiger partial charge in [0.25, 0.3) is 0 Å². The fourth-order valence-corrected chi connectivity index (χ4v) is 4.89. The number of rotatable bonds is 5. The number of nitrogens with zero attached hydrogens (tertiary/aromatic N) is 3. The Kier molecular flexibility index (Phi) is 4.96. The molecule has 0 spiro atoms. The van der Waals surface area contributed by atoms with Crippen molar-refractivity contribution in [3.05, 3.63) is 24.3 Å². The molecule has 0 unspecified atom stereocenters. The Hall–Kier alpha value is 0.0743. The van der Waals surface area contributed by atoms with Gasteiger partial charge in [0.15, 0.2) is 0 Å². The molecule has 0 N–H and O–H groups in total. The monoisotopic (exact) mass is 257 g/mol. The predicted molar refractivity (Wildman–Crippen MR) is 65.8 cm³/mol. The summed E-state index contributed by atoms with van der Waals surface area (Å²) in [6.45, 7) is 0. The van der Waals surface area contributed by atoms with E-state index in [2.05, 4.69) is 81.3 Å². The molecule has 0 atom stereocenters. The molecule has 0 saturated heterocycles. The summed E-state index contributed by atoms with van der Waals surface area (Å²) in [4.78, 5) is 7.02. The predicted octanol–water partition coefficient (Wildman–Crippen LogP) is 1.28. The summed E-state index contributed by atoms with van der Waals surface area (Å²) in [5, 5.41) is 0. The van der Waals surface area contributed by atoms with Gasteiger partial charge in [-0.2, -0.15) is 0 Å². The standard InChI is InChI=1S/C7H18N3.C5H5.Ti/c1-8(2)7(9(3)4)10(5)6;1-2-4-5-3-1;/h1-6H3;1-5H;. The first-order chi connectivity index (χ1) is 7.41. The zero-order chi connectivity index (χ0) is 12.3. The Balaban J connectivity index is 2.92. The van der Waals surface area contributed by atoms with Crippen LogP contribution in [0.3, 0.4) is 0 Å². The van der Waals surface area contributed by atoms with Crippen molar-refractivity contribution in [2.75, 3.05) is 42.3 Å². The maximum absolute atomic E-state index is 2.34. The third-order valence-electron chi connectivity index (χ3n) is 2.98. The van der Waals surface area contributed by atoms with E-state index in [0.29, 0.717) is 4.22 Å². The van der Waals surface area contributed by atoms with Crippen molar-refractivity contribution in [2.45, 2.75) is 8.31 Å². The van der Waals surface area contributed by atoms with Crippen LogP contribution in [-0.4, -0.2) is 61.1 Å². The summed E-state index contributed by atoms with van der Waals surface area (Å²) in [6.07, 6.45) is 8.98. The van der Waals surface area contributed by atoms with Crippen LogP contribution in [0, 0.1) is 0 Å². The van der Waals surface area contributed by atoms with E-state index in [1.54, 1.807) is 0 Å². The van der Waals surface area contributed by atoms with Crippen molar-refractivity contribution in [3.63, 3.8) is 0 Å². The van der Waals surface area contributed by atoms with Crippen molar-refractivity contribution >= 4 is 0 Å². The fraction of sp³-hybridized carbons (Fsp3) is 0.667. The van der Waals surface area contributed by atoms with E-state index in [0.717, 1.165) is 0 Å². The Bertz CT molecular complexity index is 248. The van der Waals surface area contributed by atoms with Gasteiger partial charge in [-0.05, 0) is 0 Å². The Morgan fingerprint density at radius 2 is 1.19 bits per heavy atom. The van der Waals surface area contributed by atoms with E-state index in [-0.39, 0.29) is 23.2 Å². The molecule has 4 heteroatoms. The van der Waals surface area contributed by atoms with Gasteiger partial charge in [-0.25, -0.2) is 0 Å². The van der Waals surface area contributed by atoms with E-state index in [1.807, 2.05) is 0 Å². The first-order valence-electron chi connectivity index (χ1n) is 5.56. The van der Waals surface area contributed by atoms with Gasteiger partial charge in [0.2, 0.25) is 0 Å². The molecule has 1 aliphatic rings. The van der Waals surface area contributed by atoms with Crippen LogP contribution in [0.1, 0.15) is 0 Å². The molecule has 0 saturated carbocycles. The van der Waals surface area contributed by atoms with Crippen LogP contribution < -0.4 is 0 Å². The van der Waals surface area contributed by atoms with Crippen LogP contribution >= 0.6 is 0 Å². The average molecular weight is 257 g/mol. The van der Waals surface area contributed by atoms with Crippen molar-refractivity contribution < 1.29 is 19.2 Å². The summed E-state index contributed by atoms with van der Waals surface area (Å²) in [7, 11) is 13.0. The SMILES string of the molecule is CN(C)[C]([Ti][CH]1C=CC=C1)(N(C)C)N(C)C. The number of allylic oxidation sites excluding steroid dienone is 4. The molecule has 0 aliphatic heterocycles. The van der Waals surface area contributed by atoms with Crippen molar-refractivity contribution in [3.8, 4) is 0 Å². The van der Waals surface area contributed by atoms with Crippen molar-refractivity contribution in [1.29, 1.82) is 0 Å². The Labute approximate surface area is 109 Å². The first-order valence-corrected chi connectivity index (χ1v) is 7.24. The van der Waals surface area contributed by atoms with Gasteiger partial charge in [0.1, 0.15) is 0 Å². The quantitative estimate of drug-likeness (QED) is 0.542. The molecule has 90 valence electrons. The molecule has 16 heavy (non-hydrogen) atoms. The molecule has 0 amide bonds. The zero-order valence-electron chi connectivity index (χ0n) is 11.2. The molecule has 0 bridgehead atoms. The molecule has 3 nitrogen and oxygen atoms in total. The van der Waals surface area contributed by atoms with Crippen molar-refractivity contribution in [1.82, 2.24) is 14.7 Å². The molecule has 0 aromatic rings. The van der Waals surface area contributed by atoms with Crippen LogP contribution in [0.5, 0.6) is 0 Å². The molecular formula is C12H23N3Ti. The van der Waals surface area contributed by atoms with E-state index in [9.17, 15) is 0 Å². The van der Waals surface area contributed by atoms with Crippen molar-refractivity contribution in [2.24, 2.45) is 0 Å². The Morgan fingerprint density at radius 1 is 0.812 bits per heavy atom. The summed E-state index contributed by atoms with van der Waals surface area (Å²) < 4.78 is 0.746. The summed E-state index contributed by atoms with van der Waals surface area (Å²) >= 11 is -0.201. The normalized spacial score (nSPS) is 17.1. The first kappa shape index (κ1) is 14.1. The second-order valence-electron chi connectivity index (χ2n) is 4.76. The summed E-state index contributed by atoms with van der Waals surface area (Å²) in [6, 6.07) is 0. The van der Waals surface area contributed by atoms with Crippen LogP contribution in [0.4, 0.5) is 0 Å². The van der Waals surface area contributed by atoms with E-state index < -0.39 is 0 Å². The zero-order valence-corrected chi connectivity index (χ0v) is 12.8. The molecule has 0 radical (unpaired) electrons. The van der Waals surface area contributed by atoms with Gasteiger partial charge >= 0.3 is 109 Å². The second kappa shape index (κ2) is 5.61. The fourth-order valence-electron chi connectivity index (χ4n) is 2.34. The summed E-state index contributed by atoms with van der Waals surface area (Å²) in [5.74, 6) is 0. The molecule has 1 aliphatic carbocycles. The molecule has 1 rings (SSSR count). The average Bonchev–Trinajstić information content (AvgIpc) is 2.64. The molecule has 0 heterocycles. The Morgan fingerprint density at radius 3 is 1.50 bits per heavy atom. The third-order valence-corrected chi connectivity index (χ3v) is 6.80. The maximum atomic E-state index is 2.34. The van der Waals surface area contributed by atoms with Crippen LogP contribution in [-0.2, 0) is 19.2 Å². The van der Waals surface area contributed by atoms with Crippen LogP contribution in [0.2, 0.25) is 4.22 Å². The number of hydrogen-bond donors (Lipinski definition) is 0. The van der Waals surface area contributed by atoms with Gasteiger partial charge in [-0.1, -0.05) is 0 Å². The molecule has 0 aromatic carbocycles. The van der Waals surface area contributed by atoms with E-state index in [1.165, 1.54) is 0 Å². The topological polar surface area (TPSA) is 9.72 Å². The van der Waals surface area contributed by atoms with Crippen LogP contribution in [0.25, 0.3) is 0 Å². The van der Waals surface area contributed by atoms with Gasteiger partial charge in [0, 0.05) is 0 Å². The van der Waals surface area contributed by atoms with E-state index in [4.69, 9.17) is 0 Å². The minimum absolute atomic E-state index is 0.0870. The van der Waals surface area contributed by atoms with Gasteiger partial charge in [-0.15, -0.1) is 0 Å². The van der Waals surface area contributed by atoms with Gasteiger partial charge in [0.05, 0.1) is 0 Å². The van der Waals surface area contributed by atoms with E-state index >= 15 is 0 Å². The molecular weight excluding hydrogens is 234 g/mol. The third kappa shape index (κ3) is 2.66. The number of hydrogen-bond acceptors (Lipinski definition) is 3. The van der Waals surface area contributed by atoms with Gasteiger partial charge < -0.3 is 0 Å². The minimum atomic E-state index is -0.201.